The Hall–Kier alpha value is -1.51. The van der Waals surface area contributed by atoms with Gasteiger partial charge in [0.15, 0.2) is 0 Å². The van der Waals surface area contributed by atoms with Crippen molar-refractivity contribution in [3.63, 3.8) is 0 Å². The zero-order valence-corrected chi connectivity index (χ0v) is 12.6. The Kier molecular flexibility index (Phi) is 4.61. The fraction of sp³-hybridized carbons (Fsp3) is 0.562. The average molecular weight is 263 g/mol. The van der Waals surface area contributed by atoms with Crippen LogP contribution in [0.1, 0.15) is 46.1 Å². The zero-order valence-electron chi connectivity index (χ0n) is 12.6. The van der Waals surface area contributed by atoms with E-state index in [0.29, 0.717) is 6.42 Å². The van der Waals surface area contributed by atoms with E-state index < -0.39 is 11.5 Å². The molecule has 0 aliphatic rings. The molecule has 0 bridgehead atoms. The Balaban J connectivity index is 2.85. The van der Waals surface area contributed by atoms with Gasteiger partial charge in [0.1, 0.15) is 5.54 Å². The van der Waals surface area contributed by atoms with Gasteiger partial charge < -0.3 is 10.4 Å². The third-order valence-electron chi connectivity index (χ3n) is 3.29. The van der Waals surface area contributed by atoms with Crippen LogP contribution < -0.4 is 5.32 Å². The summed E-state index contributed by atoms with van der Waals surface area (Å²) in [5.74, 6) is -0.807. The minimum atomic E-state index is -0.929. The maximum absolute atomic E-state index is 11.6. The van der Waals surface area contributed by atoms with Gasteiger partial charge in [-0.25, -0.2) is 4.79 Å². The van der Waals surface area contributed by atoms with E-state index in [2.05, 4.69) is 26.1 Å². The average Bonchev–Trinajstić information content (AvgIpc) is 2.25. The number of anilines is 1. The molecule has 0 radical (unpaired) electrons. The molecule has 1 rings (SSSR count). The van der Waals surface area contributed by atoms with Crippen LogP contribution >= 0.6 is 0 Å². The fourth-order valence-electron chi connectivity index (χ4n) is 1.89. The molecule has 1 aromatic carbocycles. The summed E-state index contributed by atoms with van der Waals surface area (Å²) in [5, 5.41) is 12.7. The summed E-state index contributed by atoms with van der Waals surface area (Å²) in [7, 11) is 0. The highest BCUT2D eigenvalue weighted by molar-refractivity contribution is 5.82. The molecule has 0 amide bonds. The summed E-state index contributed by atoms with van der Waals surface area (Å²) in [6.07, 6.45) is 1.45. The molecule has 106 valence electrons. The van der Waals surface area contributed by atoms with Gasteiger partial charge in [0, 0.05) is 5.69 Å². The molecule has 1 unspecified atom stereocenters. The van der Waals surface area contributed by atoms with Crippen LogP contribution in [0.25, 0.3) is 0 Å². The first-order chi connectivity index (χ1) is 8.62. The van der Waals surface area contributed by atoms with Crippen molar-refractivity contribution < 1.29 is 9.90 Å². The molecule has 0 aliphatic heterocycles. The van der Waals surface area contributed by atoms with Gasteiger partial charge in [0.05, 0.1) is 0 Å². The zero-order chi connectivity index (χ0) is 14.7. The van der Waals surface area contributed by atoms with Gasteiger partial charge >= 0.3 is 5.97 Å². The lowest BCUT2D eigenvalue weighted by atomic mass is 9.83. The molecular weight excluding hydrogens is 238 g/mol. The minimum absolute atomic E-state index is 0.130. The van der Waals surface area contributed by atoms with E-state index in [0.717, 1.165) is 17.7 Å². The van der Waals surface area contributed by atoms with Crippen molar-refractivity contribution in [1.82, 2.24) is 0 Å². The smallest absolute Gasteiger partial charge is 0.329 e. The number of hydrogen-bond donors (Lipinski definition) is 2. The number of aryl methyl sites for hydroxylation is 1. The van der Waals surface area contributed by atoms with Crippen molar-refractivity contribution in [2.75, 3.05) is 5.32 Å². The van der Waals surface area contributed by atoms with Gasteiger partial charge in [-0.05, 0) is 49.8 Å². The third-order valence-corrected chi connectivity index (χ3v) is 3.29. The van der Waals surface area contributed by atoms with Crippen LogP contribution in [0.5, 0.6) is 0 Å². The first-order valence-corrected chi connectivity index (χ1v) is 6.71. The highest BCUT2D eigenvalue weighted by Gasteiger charge is 2.34. The van der Waals surface area contributed by atoms with E-state index in [9.17, 15) is 9.90 Å². The van der Waals surface area contributed by atoms with Crippen LogP contribution in [0.3, 0.4) is 0 Å². The maximum Gasteiger partial charge on any atom is 0.329 e. The maximum atomic E-state index is 11.6. The minimum Gasteiger partial charge on any atom is -0.480 e. The summed E-state index contributed by atoms with van der Waals surface area (Å²) in [6, 6.07) is 7.81. The SMILES string of the molecule is Cc1cccc(NC(C)(CCC(C)(C)C)C(=O)O)c1. The molecule has 0 spiro atoms. The van der Waals surface area contributed by atoms with Crippen LogP contribution in [0.15, 0.2) is 24.3 Å². The van der Waals surface area contributed by atoms with Gasteiger partial charge in [-0.1, -0.05) is 32.9 Å². The standard InChI is InChI=1S/C16H25NO2/c1-12-7-6-8-13(11-12)17-16(5,14(18)19)10-9-15(2,3)4/h6-8,11,17H,9-10H2,1-5H3,(H,18,19). The summed E-state index contributed by atoms with van der Waals surface area (Å²) >= 11 is 0. The molecule has 2 N–H and O–H groups in total. The van der Waals surface area contributed by atoms with Crippen molar-refractivity contribution in [2.45, 2.75) is 53.0 Å². The number of benzene rings is 1. The van der Waals surface area contributed by atoms with Crippen LogP contribution in [0.4, 0.5) is 5.69 Å². The van der Waals surface area contributed by atoms with Crippen LogP contribution in [-0.4, -0.2) is 16.6 Å². The number of hydrogen-bond acceptors (Lipinski definition) is 2. The number of rotatable bonds is 5. The van der Waals surface area contributed by atoms with Gasteiger partial charge in [-0.15, -0.1) is 0 Å². The van der Waals surface area contributed by atoms with Gasteiger partial charge in [0.25, 0.3) is 0 Å². The fourth-order valence-corrected chi connectivity index (χ4v) is 1.89. The summed E-state index contributed by atoms with van der Waals surface area (Å²) in [4.78, 5) is 11.6. The topological polar surface area (TPSA) is 49.3 Å². The van der Waals surface area contributed by atoms with Gasteiger partial charge in [-0.2, -0.15) is 0 Å². The second-order valence-corrected chi connectivity index (χ2v) is 6.69. The number of aliphatic carboxylic acids is 1. The number of carboxylic acids is 1. The van der Waals surface area contributed by atoms with Crippen molar-refractivity contribution >= 4 is 11.7 Å². The van der Waals surface area contributed by atoms with E-state index >= 15 is 0 Å². The Labute approximate surface area is 116 Å². The van der Waals surface area contributed by atoms with Gasteiger partial charge in [0.2, 0.25) is 0 Å². The quantitative estimate of drug-likeness (QED) is 0.841. The summed E-state index contributed by atoms with van der Waals surface area (Å²) < 4.78 is 0. The molecule has 0 heterocycles. The summed E-state index contributed by atoms with van der Waals surface area (Å²) in [5.41, 5.74) is 1.18. The molecule has 3 nitrogen and oxygen atoms in total. The first kappa shape index (κ1) is 15.5. The van der Waals surface area contributed by atoms with E-state index in [1.165, 1.54) is 0 Å². The molecule has 0 aliphatic carbocycles. The predicted octanol–water partition coefficient (Wildman–Crippen LogP) is 4.08. The van der Waals surface area contributed by atoms with E-state index in [1.54, 1.807) is 6.92 Å². The summed E-state index contributed by atoms with van der Waals surface area (Å²) in [6.45, 7) is 10.1. The molecule has 19 heavy (non-hydrogen) atoms. The lowest BCUT2D eigenvalue weighted by molar-refractivity contribution is -0.142. The monoisotopic (exact) mass is 263 g/mol. The molecule has 0 fully saturated rings. The Morgan fingerprint density at radius 1 is 1.21 bits per heavy atom. The Bertz CT molecular complexity index is 448. The van der Waals surface area contributed by atoms with E-state index in [-0.39, 0.29) is 5.41 Å². The molecule has 0 saturated carbocycles. The number of carbonyl (C=O) groups is 1. The second-order valence-electron chi connectivity index (χ2n) is 6.69. The molecule has 0 saturated heterocycles. The molecule has 0 aromatic heterocycles. The van der Waals surface area contributed by atoms with Crippen LogP contribution in [0, 0.1) is 12.3 Å². The first-order valence-electron chi connectivity index (χ1n) is 6.71. The van der Waals surface area contributed by atoms with Crippen molar-refractivity contribution in [2.24, 2.45) is 5.41 Å². The number of nitrogens with one attached hydrogen (secondary N) is 1. The predicted molar refractivity (Wildman–Crippen MR) is 79.5 cm³/mol. The highest BCUT2D eigenvalue weighted by atomic mass is 16.4. The van der Waals surface area contributed by atoms with Crippen LogP contribution in [-0.2, 0) is 4.79 Å². The van der Waals surface area contributed by atoms with Gasteiger partial charge in [-0.3, -0.25) is 0 Å². The third kappa shape index (κ3) is 4.93. The van der Waals surface area contributed by atoms with Crippen molar-refractivity contribution in [3.8, 4) is 0 Å². The van der Waals surface area contributed by atoms with E-state index in [4.69, 9.17) is 0 Å². The van der Waals surface area contributed by atoms with Crippen LogP contribution in [0.2, 0.25) is 0 Å². The Morgan fingerprint density at radius 2 is 1.84 bits per heavy atom. The molecule has 3 heteroatoms. The number of carboxylic acid groups (broad SMARTS) is 1. The molecule has 1 aromatic rings. The Morgan fingerprint density at radius 3 is 2.32 bits per heavy atom. The normalized spacial score (nSPS) is 14.8. The highest BCUT2D eigenvalue weighted by Crippen LogP contribution is 2.28. The lowest BCUT2D eigenvalue weighted by Crippen LogP contribution is -2.44. The largest absolute Gasteiger partial charge is 0.480 e. The van der Waals surface area contributed by atoms with E-state index in [1.807, 2.05) is 31.2 Å². The second kappa shape index (κ2) is 5.64. The molecular formula is C16H25NO2. The van der Waals surface area contributed by atoms with Crippen molar-refractivity contribution in [3.05, 3.63) is 29.8 Å². The molecule has 1 atom stereocenters. The lowest BCUT2D eigenvalue weighted by Gasteiger charge is -2.30. The van der Waals surface area contributed by atoms with Crippen molar-refractivity contribution in [1.29, 1.82) is 0 Å².